The molecular formula is C24H29NO3S. The van der Waals surface area contributed by atoms with E-state index in [1.165, 1.54) is 17.4 Å². The molecule has 0 aliphatic carbocycles. The van der Waals surface area contributed by atoms with Crippen LogP contribution in [0.3, 0.4) is 0 Å². The summed E-state index contributed by atoms with van der Waals surface area (Å²) in [5.74, 6) is 5.43. The van der Waals surface area contributed by atoms with Gasteiger partial charge in [-0.15, -0.1) is 11.3 Å². The van der Waals surface area contributed by atoms with E-state index >= 15 is 0 Å². The third-order valence-corrected chi connectivity index (χ3v) is 5.74. The molecule has 1 aromatic carbocycles. The van der Waals surface area contributed by atoms with Crippen LogP contribution in [0.4, 0.5) is 0 Å². The molecule has 2 atom stereocenters. The van der Waals surface area contributed by atoms with Gasteiger partial charge in [0.1, 0.15) is 6.04 Å². The smallest absolute Gasteiger partial charge is 0.326 e. The van der Waals surface area contributed by atoms with Crippen molar-refractivity contribution in [2.24, 2.45) is 5.92 Å². The molecule has 1 unspecified atom stereocenters. The molecule has 5 heteroatoms. The maximum Gasteiger partial charge on any atom is 0.326 e. The molecule has 0 bridgehead atoms. The zero-order chi connectivity index (χ0) is 21.1. The number of carboxylic acid groups (broad SMARTS) is 1. The van der Waals surface area contributed by atoms with E-state index < -0.39 is 12.0 Å². The van der Waals surface area contributed by atoms with Crippen molar-refractivity contribution >= 4 is 23.2 Å². The number of unbranched alkanes of at least 4 members (excludes halogenated alkanes) is 1. The summed E-state index contributed by atoms with van der Waals surface area (Å²) in [6.45, 7) is 3.37. The number of carboxylic acids is 1. The first kappa shape index (κ1) is 22.7. The first-order chi connectivity index (χ1) is 13.9. The second kappa shape index (κ2) is 12.1. The minimum absolute atomic E-state index is 0.206. The number of carbonyl (C=O) groups is 2. The number of aliphatic carboxylic acids is 1. The van der Waals surface area contributed by atoms with Crippen molar-refractivity contribution in [3.05, 3.63) is 57.8 Å². The summed E-state index contributed by atoms with van der Waals surface area (Å²) in [6, 6.07) is 13.8. The van der Waals surface area contributed by atoms with Crippen molar-refractivity contribution in [1.29, 1.82) is 0 Å². The summed E-state index contributed by atoms with van der Waals surface area (Å²) >= 11 is 1.71. The van der Waals surface area contributed by atoms with Crippen LogP contribution in [0, 0.1) is 17.8 Å². The molecule has 1 aromatic heterocycles. The largest absolute Gasteiger partial charge is 0.480 e. The Morgan fingerprint density at radius 3 is 2.59 bits per heavy atom. The molecule has 0 fully saturated rings. The Morgan fingerprint density at radius 1 is 1.14 bits per heavy atom. The highest BCUT2D eigenvalue weighted by atomic mass is 32.1. The average Bonchev–Trinajstić information content (AvgIpc) is 3.14. The summed E-state index contributed by atoms with van der Waals surface area (Å²) in [7, 11) is 0. The number of carbonyl (C=O) groups excluding carboxylic acids is 1. The topological polar surface area (TPSA) is 66.4 Å². The van der Waals surface area contributed by atoms with Gasteiger partial charge in [-0.05, 0) is 55.7 Å². The lowest BCUT2D eigenvalue weighted by atomic mass is 9.96. The number of hydrogen-bond acceptors (Lipinski definition) is 3. The third kappa shape index (κ3) is 8.97. The van der Waals surface area contributed by atoms with Gasteiger partial charge in [-0.3, -0.25) is 4.79 Å². The number of rotatable bonds is 10. The zero-order valence-corrected chi connectivity index (χ0v) is 17.9. The number of nitrogens with one attached hydrogen (secondary N) is 1. The van der Waals surface area contributed by atoms with Crippen molar-refractivity contribution < 1.29 is 14.7 Å². The van der Waals surface area contributed by atoms with E-state index in [0.29, 0.717) is 6.42 Å². The lowest BCUT2D eigenvalue weighted by Gasteiger charge is -2.17. The quantitative estimate of drug-likeness (QED) is 0.441. The van der Waals surface area contributed by atoms with Gasteiger partial charge in [0.25, 0.3) is 0 Å². The van der Waals surface area contributed by atoms with Crippen molar-refractivity contribution in [3.8, 4) is 11.8 Å². The van der Waals surface area contributed by atoms with E-state index in [4.69, 9.17) is 0 Å². The predicted octanol–water partition coefficient (Wildman–Crippen LogP) is 4.67. The van der Waals surface area contributed by atoms with Gasteiger partial charge in [0.05, 0.1) is 4.88 Å². The summed E-state index contributed by atoms with van der Waals surface area (Å²) in [5.41, 5.74) is 1.35. The van der Waals surface area contributed by atoms with Crippen LogP contribution in [0.2, 0.25) is 0 Å². The Kier molecular flexibility index (Phi) is 9.46. The SMILES string of the molecule is CC(=O)N[C@H](CC(C)CCc1ccc(C#CCCCc2ccccc2)s1)C(=O)O. The summed E-state index contributed by atoms with van der Waals surface area (Å²) in [5, 5.41) is 11.7. The highest BCUT2D eigenvalue weighted by Crippen LogP contribution is 2.21. The molecular weight excluding hydrogens is 382 g/mol. The van der Waals surface area contributed by atoms with E-state index in [1.54, 1.807) is 11.3 Å². The maximum atomic E-state index is 11.2. The number of aryl methyl sites for hydroxylation is 2. The molecule has 0 radical (unpaired) electrons. The fourth-order valence-electron chi connectivity index (χ4n) is 3.13. The van der Waals surface area contributed by atoms with E-state index in [2.05, 4.69) is 53.6 Å². The van der Waals surface area contributed by atoms with Crippen LogP contribution in [-0.4, -0.2) is 23.0 Å². The number of amides is 1. The number of hydrogen-bond donors (Lipinski definition) is 2. The van der Waals surface area contributed by atoms with Gasteiger partial charge in [0, 0.05) is 18.2 Å². The molecule has 4 nitrogen and oxygen atoms in total. The van der Waals surface area contributed by atoms with Gasteiger partial charge in [-0.1, -0.05) is 49.1 Å². The van der Waals surface area contributed by atoms with Crippen molar-refractivity contribution in [2.45, 2.75) is 58.4 Å². The molecule has 29 heavy (non-hydrogen) atoms. The number of benzene rings is 1. The Hall–Kier alpha value is -2.58. The molecule has 0 saturated heterocycles. The summed E-state index contributed by atoms with van der Waals surface area (Å²) < 4.78 is 0. The van der Waals surface area contributed by atoms with Crippen LogP contribution in [0.1, 0.15) is 54.8 Å². The highest BCUT2D eigenvalue weighted by molar-refractivity contribution is 7.12. The van der Waals surface area contributed by atoms with Gasteiger partial charge >= 0.3 is 5.97 Å². The molecule has 2 N–H and O–H groups in total. The standard InChI is InChI=1S/C24H29NO3S/c1-18(17-23(24(27)28)25-19(2)26)13-14-22-16-15-21(29-22)12-8-4-7-11-20-9-5-3-6-10-20/h3,5-6,9-10,15-16,18,23H,4,7,11,13-14,17H2,1-2H3,(H,25,26)(H,27,28)/t18?,23-/m1/s1. The molecule has 2 aromatic rings. The van der Waals surface area contributed by atoms with E-state index in [-0.39, 0.29) is 11.8 Å². The van der Waals surface area contributed by atoms with E-state index in [9.17, 15) is 14.7 Å². The minimum Gasteiger partial charge on any atom is -0.480 e. The third-order valence-electron chi connectivity index (χ3n) is 4.68. The molecule has 0 spiro atoms. The van der Waals surface area contributed by atoms with Crippen molar-refractivity contribution in [3.63, 3.8) is 0 Å². The summed E-state index contributed by atoms with van der Waals surface area (Å²) in [4.78, 5) is 24.7. The van der Waals surface area contributed by atoms with Crippen LogP contribution in [-0.2, 0) is 22.4 Å². The monoisotopic (exact) mass is 411 g/mol. The van der Waals surface area contributed by atoms with E-state index in [1.807, 2.05) is 13.0 Å². The fraction of sp³-hybridized carbons (Fsp3) is 0.417. The highest BCUT2D eigenvalue weighted by Gasteiger charge is 2.21. The van der Waals surface area contributed by atoms with Crippen LogP contribution < -0.4 is 5.32 Å². The van der Waals surface area contributed by atoms with Gasteiger partial charge in [-0.25, -0.2) is 4.79 Å². The van der Waals surface area contributed by atoms with Gasteiger partial charge in [-0.2, -0.15) is 0 Å². The van der Waals surface area contributed by atoms with Gasteiger partial charge in [0.2, 0.25) is 5.91 Å². The minimum atomic E-state index is -0.979. The molecule has 1 amide bonds. The Balaban J connectivity index is 1.73. The summed E-state index contributed by atoms with van der Waals surface area (Å²) in [6.07, 6.45) is 5.22. The first-order valence-corrected chi connectivity index (χ1v) is 10.9. The number of thiophene rings is 1. The second-order valence-corrected chi connectivity index (χ2v) is 8.55. The van der Waals surface area contributed by atoms with Crippen LogP contribution in [0.15, 0.2) is 42.5 Å². The molecule has 2 rings (SSSR count). The van der Waals surface area contributed by atoms with Crippen molar-refractivity contribution in [2.75, 3.05) is 0 Å². The lowest BCUT2D eigenvalue weighted by molar-refractivity contribution is -0.142. The normalized spacial score (nSPS) is 12.5. The van der Waals surface area contributed by atoms with Crippen LogP contribution in [0.25, 0.3) is 0 Å². The lowest BCUT2D eigenvalue weighted by Crippen LogP contribution is -2.40. The zero-order valence-electron chi connectivity index (χ0n) is 17.1. The van der Waals surface area contributed by atoms with Crippen LogP contribution >= 0.6 is 11.3 Å². The molecule has 1 heterocycles. The first-order valence-electron chi connectivity index (χ1n) is 10.1. The molecule has 0 aliphatic rings. The Bertz CT molecular complexity index is 848. The van der Waals surface area contributed by atoms with Crippen molar-refractivity contribution in [1.82, 2.24) is 5.32 Å². The van der Waals surface area contributed by atoms with E-state index in [0.717, 1.165) is 37.0 Å². The predicted molar refractivity (Wildman–Crippen MR) is 118 cm³/mol. The fourth-order valence-corrected chi connectivity index (χ4v) is 4.03. The molecule has 0 aliphatic heterocycles. The van der Waals surface area contributed by atoms with Gasteiger partial charge in [0.15, 0.2) is 0 Å². The second-order valence-electron chi connectivity index (χ2n) is 7.38. The maximum absolute atomic E-state index is 11.2. The Morgan fingerprint density at radius 2 is 1.90 bits per heavy atom. The average molecular weight is 412 g/mol. The van der Waals surface area contributed by atoms with Crippen LogP contribution in [0.5, 0.6) is 0 Å². The molecule has 154 valence electrons. The van der Waals surface area contributed by atoms with Gasteiger partial charge < -0.3 is 10.4 Å². The Labute approximate surface area is 177 Å². The molecule has 0 saturated carbocycles.